The highest BCUT2D eigenvalue weighted by atomic mass is 16.6. The number of rotatable bonds is 4. The van der Waals surface area contributed by atoms with E-state index in [0.717, 1.165) is 16.8 Å². The molecule has 0 saturated heterocycles. The van der Waals surface area contributed by atoms with E-state index in [4.69, 9.17) is 4.74 Å². The highest BCUT2D eigenvalue weighted by Crippen LogP contribution is 2.19. The van der Waals surface area contributed by atoms with Crippen LogP contribution in [0.4, 0.5) is 21.0 Å². The van der Waals surface area contributed by atoms with Crippen LogP contribution in [-0.4, -0.2) is 29.5 Å². The predicted molar refractivity (Wildman–Crippen MR) is 127 cm³/mol. The fourth-order valence-electron chi connectivity index (χ4n) is 2.81. The van der Waals surface area contributed by atoms with E-state index in [-0.39, 0.29) is 0 Å². The molecular formula is C25H24N4O4. The molecule has 168 valence electrons. The minimum Gasteiger partial charge on any atom is -0.453 e. The maximum absolute atomic E-state index is 11.8. The molecule has 1 heterocycles. The van der Waals surface area contributed by atoms with Crippen molar-refractivity contribution in [1.29, 1.82) is 0 Å². The Morgan fingerprint density at radius 2 is 1.52 bits per heavy atom. The first-order valence-electron chi connectivity index (χ1n) is 10.1. The largest absolute Gasteiger partial charge is 0.453 e. The number of benzene rings is 3. The lowest BCUT2D eigenvalue weighted by molar-refractivity contribution is 0.187. The summed E-state index contributed by atoms with van der Waals surface area (Å²) in [6.45, 7) is 1.93. The molecule has 0 fully saturated rings. The van der Waals surface area contributed by atoms with Crippen LogP contribution in [0.5, 0.6) is 5.75 Å². The number of hydrogen-bond acceptors (Lipinski definition) is 5. The van der Waals surface area contributed by atoms with Crippen molar-refractivity contribution in [3.63, 3.8) is 0 Å². The Labute approximate surface area is 191 Å². The number of ether oxygens (including phenoxy) is 2. The Hall–Kier alpha value is -4.59. The molecule has 4 rings (SSSR count). The van der Waals surface area contributed by atoms with Gasteiger partial charge in [-0.25, -0.2) is 9.59 Å². The van der Waals surface area contributed by atoms with E-state index in [1.54, 1.807) is 24.3 Å². The summed E-state index contributed by atoms with van der Waals surface area (Å²) in [4.78, 5) is 23.0. The van der Waals surface area contributed by atoms with Crippen LogP contribution in [0.15, 0.2) is 91.1 Å². The van der Waals surface area contributed by atoms with Crippen molar-refractivity contribution < 1.29 is 19.1 Å². The molecule has 8 heteroatoms. The number of amides is 2. The summed E-state index contributed by atoms with van der Waals surface area (Å²) in [7, 11) is 1.27. The summed E-state index contributed by atoms with van der Waals surface area (Å²) >= 11 is 0. The van der Waals surface area contributed by atoms with Crippen molar-refractivity contribution >= 4 is 23.6 Å². The molecule has 0 aliphatic carbocycles. The number of carbonyl (C=O) groups is 2. The van der Waals surface area contributed by atoms with Crippen LogP contribution >= 0.6 is 0 Å². The molecule has 0 atom stereocenters. The van der Waals surface area contributed by atoms with Gasteiger partial charge in [0.1, 0.15) is 5.75 Å². The van der Waals surface area contributed by atoms with Gasteiger partial charge in [0.05, 0.1) is 12.8 Å². The van der Waals surface area contributed by atoms with Crippen LogP contribution in [0.2, 0.25) is 0 Å². The third-order valence-electron chi connectivity index (χ3n) is 4.31. The van der Waals surface area contributed by atoms with Crippen LogP contribution in [0.3, 0.4) is 0 Å². The fourth-order valence-corrected chi connectivity index (χ4v) is 2.81. The Morgan fingerprint density at radius 3 is 2.18 bits per heavy atom. The summed E-state index contributed by atoms with van der Waals surface area (Å²) in [5.74, 6) is 0.305. The molecule has 0 unspecified atom stereocenters. The highest BCUT2D eigenvalue weighted by molar-refractivity contribution is 5.87. The number of methoxy groups -OCH3 is 1. The predicted octanol–water partition coefficient (Wildman–Crippen LogP) is 5.86. The zero-order valence-electron chi connectivity index (χ0n) is 18.2. The van der Waals surface area contributed by atoms with Crippen molar-refractivity contribution in [3.05, 3.63) is 96.7 Å². The standard InChI is InChI=1S/C16H16N2O4.C9H8N2/c1-11-5-3-6-12(9-11)18-16(20)22-14-8-4-7-13(10-14)17-15(19)21-2;1-2-4-8(5-3-1)9-6-7-10-11-9/h3-10H,1-2H3,(H,17,19)(H,18,20);1-7H,(H,10,11). The second-order valence-electron chi connectivity index (χ2n) is 6.85. The molecule has 4 aromatic rings. The number of anilines is 2. The fraction of sp³-hybridized carbons (Fsp3) is 0.0800. The molecule has 3 N–H and O–H groups in total. The van der Waals surface area contributed by atoms with Gasteiger partial charge in [0.2, 0.25) is 0 Å². The average Bonchev–Trinajstić information content (AvgIpc) is 3.35. The molecule has 0 aliphatic rings. The first-order valence-corrected chi connectivity index (χ1v) is 10.1. The maximum Gasteiger partial charge on any atom is 0.417 e. The van der Waals surface area contributed by atoms with E-state index >= 15 is 0 Å². The van der Waals surface area contributed by atoms with E-state index in [0.29, 0.717) is 17.1 Å². The van der Waals surface area contributed by atoms with Gasteiger partial charge in [-0.05, 0) is 42.8 Å². The van der Waals surface area contributed by atoms with Gasteiger partial charge >= 0.3 is 12.2 Å². The Kier molecular flexibility index (Phi) is 8.19. The van der Waals surface area contributed by atoms with E-state index in [1.165, 1.54) is 13.2 Å². The molecular weight excluding hydrogens is 420 g/mol. The Bertz CT molecular complexity index is 1180. The van der Waals surface area contributed by atoms with Gasteiger partial charge in [0.25, 0.3) is 0 Å². The van der Waals surface area contributed by atoms with Gasteiger partial charge < -0.3 is 9.47 Å². The van der Waals surface area contributed by atoms with Crippen LogP contribution in [0.25, 0.3) is 11.3 Å². The van der Waals surface area contributed by atoms with Crippen molar-refractivity contribution in [2.45, 2.75) is 6.92 Å². The van der Waals surface area contributed by atoms with E-state index in [2.05, 4.69) is 25.6 Å². The van der Waals surface area contributed by atoms with Crippen molar-refractivity contribution in [2.24, 2.45) is 0 Å². The number of nitrogens with one attached hydrogen (secondary N) is 3. The zero-order chi connectivity index (χ0) is 23.5. The second-order valence-corrected chi connectivity index (χ2v) is 6.85. The van der Waals surface area contributed by atoms with E-state index in [9.17, 15) is 9.59 Å². The third kappa shape index (κ3) is 7.55. The molecule has 0 aliphatic heterocycles. The molecule has 33 heavy (non-hydrogen) atoms. The number of nitrogens with zero attached hydrogens (tertiary/aromatic N) is 1. The first-order chi connectivity index (χ1) is 16.0. The summed E-state index contributed by atoms with van der Waals surface area (Å²) in [5, 5.41) is 12.0. The van der Waals surface area contributed by atoms with Crippen LogP contribution < -0.4 is 15.4 Å². The summed E-state index contributed by atoms with van der Waals surface area (Å²) in [6, 6.07) is 25.8. The van der Waals surface area contributed by atoms with Gasteiger partial charge in [-0.1, -0.05) is 48.5 Å². The quantitative estimate of drug-likeness (QED) is 0.366. The topological polar surface area (TPSA) is 105 Å². The Balaban J connectivity index is 0.000000231. The van der Waals surface area contributed by atoms with Crippen LogP contribution in [-0.2, 0) is 4.74 Å². The highest BCUT2D eigenvalue weighted by Gasteiger charge is 2.07. The third-order valence-corrected chi connectivity index (χ3v) is 4.31. The first kappa shape index (κ1) is 23.1. The molecule has 1 aromatic heterocycles. The zero-order valence-corrected chi connectivity index (χ0v) is 18.2. The molecule has 0 bridgehead atoms. The molecule has 0 radical (unpaired) electrons. The maximum atomic E-state index is 11.8. The summed E-state index contributed by atoms with van der Waals surface area (Å²) in [5.41, 5.74) is 4.28. The minimum atomic E-state index is -0.610. The lowest BCUT2D eigenvalue weighted by Gasteiger charge is -2.09. The van der Waals surface area contributed by atoms with E-state index in [1.807, 2.05) is 67.7 Å². The van der Waals surface area contributed by atoms with Crippen molar-refractivity contribution in [2.75, 3.05) is 17.7 Å². The summed E-state index contributed by atoms with van der Waals surface area (Å²) < 4.78 is 9.67. The molecule has 2 amide bonds. The summed E-state index contributed by atoms with van der Waals surface area (Å²) in [6.07, 6.45) is 0.615. The number of aryl methyl sites for hydroxylation is 1. The average molecular weight is 444 g/mol. The lowest BCUT2D eigenvalue weighted by Crippen LogP contribution is -2.17. The Morgan fingerprint density at radius 1 is 0.818 bits per heavy atom. The van der Waals surface area contributed by atoms with Gasteiger partial charge in [-0.3, -0.25) is 15.7 Å². The van der Waals surface area contributed by atoms with Gasteiger partial charge in [-0.2, -0.15) is 5.10 Å². The van der Waals surface area contributed by atoms with Crippen molar-refractivity contribution in [3.8, 4) is 17.0 Å². The molecule has 3 aromatic carbocycles. The molecule has 0 saturated carbocycles. The van der Waals surface area contributed by atoms with Gasteiger partial charge in [-0.15, -0.1) is 0 Å². The lowest BCUT2D eigenvalue weighted by atomic mass is 10.2. The monoisotopic (exact) mass is 444 g/mol. The smallest absolute Gasteiger partial charge is 0.417 e. The number of hydrogen-bond donors (Lipinski definition) is 3. The molecule has 0 spiro atoms. The molecule has 8 nitrogen and oxygen atoms in total. The number of aromatic amines is 1. The van der Waals surface area contributed by atoms with E-state index < -0.39 is 12.2 Å². The number of carbonyl (C=O) groups excluding carboxylic acids is 2. The number of aromatic nitrogens is 2. The normalized spacial score (nSPS) is 9.76. The van der Waals surface area contributed by atoms with Crippen LogP contribution in [0.1, 0.15) is 5.56 Å². The second kappa shape index (κ2) is 11.7. The minimum absolute atomic E-state index is 0.305. The SMILES string of the molecule is COC(=O)Nc1cccc(OC(=O)Nc2cccc(C)c2)c1.c1ccc(-c2cc[nH]n2)cc1. The number of H-pyrrole nitrogens is 1. The van der Waals surface area contributed by atoms with Crippen LogP contribution in [0, 0.1) is 6.92 Å². The van der Waals surface area contributed by atoms with Gasteiger partial charge in [0.15, 0.2) is 0 Å². The van der Waals surface area contributed by atoms with Crippen molar-refractivity contribution in [1.82, 2.24) is 10.2 Å². The van der Waals surface area contributed by atoms with Gasteiger partial charge in [0, 0.05) is 29.2 Å².